The number of benzene rings is 1. The van der Waals surface area contributed by atoms with Crippen LogP contribution < -0.4 is 0 Å². The lowest BCUT2D eigenvalue weighted by atomic mass is 10.1. The molecule has 0 aliphatic heterocycles. The van der Waals surface area contributed by atoms with Crippen LogP contribution in [0, 0.1) is 6.92 Å². The van der Waals surface area contributed by atoms with Crippen molar-refractivity contribution in [2.24, 2.45) is 0 Å². The lowest BCUT2D eigenvalue weighted by Crippen LogP contribution is -2.14. The highest BCUT2D eigenvalue weighted by Crippen LogP contribution is 2.21. The Labute approximate surface area is 93.7 Å². The van der Waals surface area contributed by atoms with Gasteiger partial charge in [0.1, 0.15) is 0 Å². The molecule has 0 spiro atoms. The van der Waals surface area contributed by atoms with Crippen molar-refractivity contribution in [2.75, 3.05) is 0 Å². The summed E-state index contributed by atoms with van der Waals surface area (Å²) in [6, 6.07) is 8.02. The van der Waals surface area contributed by atoms with E-state index < -0.39 is 10.8 Å². The third-order valence-electron chi connectivity index (χ3n) is 2.74. The van der Waals surface area contributed by atoms with E-state index in [0.717, 1.165) is 17.7 Å². The van der Waals surface area contributed by atoms with Gasteiger partial charge in [0.15, 0.2) is 0 Å². The van der Waals surface area contributed by atoms with Crippen molar-refractivity contribution >= 4 is 10.8 Å². The molecule has 2 rings (SSSR count). The highest BCUT2D eigenvalue weighted by Gasteiger charge is 2.16. The van der Waals surface area contributed by atoms with Gasteiger partial charge in [-0.3, -0.25) is 4.21 Å². The van der Waals surface area contributed by atoms with Gasteiger partial charge in [0.05, 0.1) is 16.0 Å². The number of rotatable bonds is 2. The minimum Gasteiger partial charge on any atom is -0.254 e. The first-order chi connectivity index (χ1) is 7.27. The standard InChI is InChI=1S/C13H16OS/c1-11-7-9-13(10-8-11)15(14)12-5-3-2-4-6-12/h3,5,7-10,12H,2,4,6H2,1H3. The molecular formula is C13H16OS. The molecule has 0 N–H and O–H groups in total. The van der Waals surface area contributed by atoms with Gasteiger partial charge < -0.3 is 0 Å². The Morgan fingerprint density at radius 1 is 1.27 bits per heavy atom. The Morgan fingerprint density at radius 3 is 2.60 bits per heavy atom. The second kappa shape index (κ2) is 4.75. The molecule has 1 aromatic rings. The van der Waals surface area contributed by atoms with Crippen molar-refractivity contribution in [2.45, 2.75) is 36.3 Å². The third-order valence-corrected chi connectivity index (χ3v) is 4.42. The van der Waals surface area contributed by atoms with E-state index >= 15 is 0 Å². The molecule has 2 heteroatoms. The minimum absolute atomic E-state index is 0.224. The van der Waals surface area contributed by atoms with Crippen LogP contribution in [-0.2, 0) is 10.8 Å². The van der Waals surface area contributed by atoms with Crippen molar-refractivity contribution in [3.63, 3.8) is 0 Å². The molecule has 1 aliphatic rings. The Morgan fingerprint density at radius 2 is 2.00 bits per heavy atom. The molecule has 0 saturated heterocycles. The fourth-order valence-corrected chi connectivity index (χ4v) is 3.20. The van der Waals surface area contributed by atoms with Crippen molar-refractivity contribution in [3.05, 3.63) is 42.0 Å². The number of hydrogen-bond acceptors (Lipinski definition) is 1. The molecule has 0 heterocycles. The summed E-state index contributed by atoms with van der Waals surface area (Å²) in [5.41, 5.74) is 1.22. The maximum atomic E-state index is 12.2. The molecule has 0 bridgehead atoms. The molecule has 1 aromatic carbocycles. The maximum Gasteiger partial charge on any atom is 0.0599 e. The topological polar surface area (TPSA) is 17.1 Å². The SMILES string of the molecule is Cc1ccc(S(=O)C2C=CCCC2)cc1. The van der Waals surface area contributed by atoms with Gasteiger partial charge in [0, 0.05) is 4.90 Å². The average molecular weight is 220 g/mol. The highest BCUT2D eigenvalue weighted by atomic mass is 32.2. The van der Waals surface area contributed by atoms with E-state index in [4.69, 9.17) is 0 Å². The molecule has 2 atom stereocenters. The Bertz CT molecular complexity index is 378. The first-order valence-corrected chi connectivity index (χ1v) is 6.62. The second-order valence-corrected chi connectivity index (χ2v) is 5.68. The van der Waals surface area contributed by atoms with Gasteiger partial charge >= 0.3 is 0 Å². The zero-order valence-electron chi connectivity index (χ0n) is 8.98. The Balaban J connectivity index is 2.16. The van der Waals surface area contributed by atoms with Gasteiger partial charge in [0.25, 0.3) is 0 Å². The zero-order chi connectivity index (χ0) is 10.7. The smallest absolute Gasteiger partial charge is 0.0599 e. The van der Waals surface area contributed by atoms with Gasteiger partial charge in [-0.2, -0.15) is 0 Å². The van der Waals surface area contributed by atoms with Crippen molar-refractivity contribution in [1.82, 2.24) is 0 Å². The van der Waals surface area contributed by atoms with Crippen molar-refractivity contribution < 1.29 is 4.21 Å². The van der Waals surface area contributed by atoms with Crippen LogP contribution in [0.25, 0.3) is 0 Å². The first kappa shape index (κ1) is 10.6. The number of aryl methyl sites for hydroxylation is 1. The molecule has 1 aliphatic carbocycles. The van der Waals surface area contributed by atoms with Crippen molar-refractivity contribution in [1.29, 1.82) is 0 Å². The second-order valence-electron chi connectivity index (χ2n) is 4.01. The summed E-state index contributed by atoms with van der Waals surface area (Å²) in [7, 11) is -0.865. The molecule has 0 amide bonds. The van der Waals surface area contributed by atoms with E-state index in [1.54, 1.807) is 0 Å². The van der Waals surface area contributed by atoms with Crippen LogP contribution in [0.5, 0.6) is 0 Å². The van der Waals surface area contributed by atoms with Gasteiger partial charge in [-0.25, -0.2) is 0 Å². The van der Waals surface area contributed by atoms with Crippen LogP contribution in [-0.4, -0.2) is 9.46 Å². The van der Waals surface area contributed by atoms with E-state index in [-0.39, 0.29) is 5.25 Å². The predicted octanol–water partition coefficient (Wildman–Crippen LogP) is 3.21. The van der Waals surface area contributed by atoms with Gasteiger partial charge in [-0.05, 0) is 38.3 Å². The average Bonchev–Trinajstić information content (AvgIpc) is 2.30. The molecule has 0 saturated carbocycles. The summed E-state index contributed by atoms with van der Waals surface area (Å²) in [4.78, 5) is 0.956. The Kier molecular flexibility index (Phi) is 3.37. The van der Waals surface area contributed by atoms with E-state index in [2.05, 4.69) is 12.2 Å². The summed E-state index contributed by atoms with van der Waals surface area (Å²) in [5.74, 6) is 0. The maximum absolute atomic E-state index is 12.2. The molecule has 80 valence electrons. The largest absolute Gasteiger partial charge is 0.254 e. The lowest BCUT2D eigenvalue weighted by molar-refractivity contribution is 0.660. The van der Waals surface area contributed by atoms with E-state index in [9.17, 15) is 4.21 Å². The summed E-state index contributed by atoms with van der Waals surface area (Å²) in [6.45, 7) is 2.05. The van der Waals surface area contributed by atoms with Crippen LogP contribution >= 0.6 is 0 Å². The monoisotopic (exact) mass is 220 g/mol. The van der Waals surface area contributed by atoms with Crippen LogP contribution in [0.15, 0.2) is 41.3 Å². The summed E-state index contributed by atoms with van der Waals surface area (Å²) < 4.78 is 12.2. The van der Waals surface area contributed by atoms with E-state index in [0.29, 0.717) is 0 Å². The lowest BCUT2D eigenvalue weighted by Gasteiger charge is -2.15. The fraction of sp³-hybridized carbons (Fsp3) is 0.385. The molecular weight excluding hydrogens is 204 g/mol. The predicted molar refractivity (Wildman–Crippen MR) is 64.4 cm³/mol. The summed E-state index contributed by atoms with van der Waals surface area (Å²) in [6.07, 6.45) is 7.62. The first-order valence-electron chi connectivity index (χ1n) is 5.41. The van der Waals surface area contributed by atoms with Crippen molar-refractivity contribution in [3.8, 4) is 0 Å². The van der Waals surface area contributed by atoms with E-state index in [1.807, 2.05) is 31.2 Å². The van der Waals surface area contributed by atoms with Crippen LogP contribution in [0.4, 0.5) is 0 Å². The van der Waals surface area contributed by atoms with Crippen LogP contribution in [0.3, 0.4) is 0 Å². The molecule has 1 nitrogen and oxygen atoms in total. The van der Waals surface area contributed by atoms with Gasteiger partial charge in [0.2, 0.25) is 0 Å². The zero-order valence-corrected chi connectivity index (χ0v) is 9.80. The normalized spacial score (nSPS) is 22.6. The van der Waals surface area contributed by atoms with Crippen LogP contribution in [0.2, 0.25) is 0 Å². The van der Waals surface area contributed by atoms with Crippen LogP contribution in [0.1, 0.15) is 24.8 Å². The summed E-state index contributed by atoms with van der Waals surface area (Å²) in [5, 5.41) is 0.224. The Hall–Kier alpha value is -0.890. The molecule has 15 heavy (non-hydrogen) atoms. The molecule has 2 unspecified atom stereocenters. The summed E-state index contributed by atoms with van der Waals surface area (Å²) >= 11 is 0. The van der Waals surface area contributed by atoms with Gasteiger partial charge in [-0.1, -0.05) is 29.8 Å². The minimum atomic E-state index is -0.865. The third kappa shape index (κ3) is 2.57. The molecule has 0 radical (unpaired) electrons. The van der Waals surface area contributed by atoms with Gasteiger partial charge in [-0.15, -0.1) is 0 Å². The van der Waals surface area contributed by atoms with E-state index in [1.165, 1.54) is 12.0 Å². The number of allylic oxidation sites excluding steroid dienone is 1. The molecule has 0 aromatic heterocycles. The highest BCUT2D eigenvalue weighted by molar-refractivity contribution is 7.85. The fourth-order valence-electron chi connectivity index (χ4n) is 1.81. The quantitative estimate of drug-likeness (QED) is 0.699. The molecule has 0 fully saturated rings. The number of hydrogen-bond donors (Lipinski definition) is 0.